The molecule has 0 fully saturated rings. The highest BCUT2D eigenvalue weighted by Crippen LogP contribution is 2.38. The largest absolute Gasteiger partial charge is 0.504 e. The predicted octanol–water partition coefficient (Wildman–Crippen LogP) is 5.17. The van der Waals surface area contributed by atoms with E-state index in [4.69, 9.17) is 18.9 Å². The standard InChI is InChI=1S/C24H24O5/c1-26-21-12-11-17(14-22(21)29-16-18-7-5-4-6-8-18)9-10-19-13-20(25)24(28-3)23(15-19)27-2/h4-15,25H,16H2,1-3H3/b10-9-. The van der Waals surface area contributed by atoms with Crippen LogP contribution < -0.4 is 18.9 Å². The molecule has 0 saturated heterocycles. The number of hydrogen-bond donors (Lipinski definition) is 1. The molecule has 150 valence electrons. The van der Waals surface area contributed by atoms with Crippen LogP contribution in [0.15, 0.2) is 60.7 Å². The van der Waals surface area contributed by atoms with Crippen LogP contribution in [0.2, 0.25) is 0 Å². The Balaban J connectivity index is 1.81. The summed E-state index contributed by atoms with van der Waals surface area (Å²) in [6.07, 6.45) is 3.81. The summed E-state index contributed by atoms with van der Waals surface area (Å²) < 4.78 is 21.8. The van der Waals surface area contributed by atoms with Crippen molar-refractivity contribution >= 4 is 12.2 Å². The third-order valence-corrected chi connectivity index (χ3v) is 4.37. The molecule has 3 aromatic rings. The second-order valence-electron chi connectivity index (χ2n) is 6.29. The van der Waals surface area contributed by atoms with Gasteiger partial charge in [-0.1, -0.05) is 48.6 Å². The van der Waals surface area contributed by atoms with Gasteiger partial charge in [-0.2, -0.15) is 0 Å². The summed E-state index contributed by atoms with van der Waals surface area (Å²) in [5.74, 6) is 2.13. The molecule has 5 nitrogen and oxygen atoms in total. The Morgan fingerprint density at radius 1 is 0.724 bits per heavy atom. The van der Waals surface area contributed by atoms with Crippen LogP contribution in [0.1, 0.15) is 16.7 Å². The fraction of sp³-hybridized carbons (Fsp3) is 0.167. The van der Waals surface area contributed by atoms with Crippen molar-refractivity contribution in [3.05, 3.63) is 77.4 Å². The number of aromatic hydroxyl groups is 1. The van der Waals surface area contributed by atoms with E-state index in [0.717, 1.165) is 16.7 Å². The summed E-state index contributed by atoms with van der Waals surface area (Å²) >= 11 is 0. The molecule has 0 heterocycles. The van der Waals surface area contributed by atoms with Gasteiger partial charge in [0.1, 0.15) is 6.61 Å². The molecule has 3 aromatic carbocycles. The minimum atomic E-state index is 0.0214. The van der Waals surface area contributed by atoms with Crippen molar-refractivity contribution in [3.8, 4) is 28.7 Å². The van der Waals surface area contributed by atoms with Crippen molar-refractivity contribution in [1.29, 1.82) is 0 Å². The first-order chi connectivity index (χ1) is 14.1. The average molecular weight is 392 g/mol. The van der Waals surface area contributed by atoms with Crippen LogP contribution in [0.3, 0.4) is 0 Å². The third kappa shape index (κ3) is 5.02. The van der Waals surface area contributed by atoms with Gasteiger partial charge < -0.3 is 24.1 Å². The van der Waals surface area contributed by atoms with E-state index < -0.39 is 0 Å². The van der Waals surface area contributed by atoms with Crippen LogP contribution >= 0.6 is 0 Å². The number of methoxy groups -OCH3 is 3. The second kappa shape index (κ2) is 9.55. The first kappa shape index (κ1) is 20.1. The van der Waals surface area contributed by atoms with Gasteiger partial charge in [-0.25, -0.2) is 0 Å². The summed E-state index contributed by atoms with van der Waals surface area (Å²) in [4.78, 5) is 0. The van der Waals surface area contributed by atoms with E-state index in [2.05, 4.69) is 0 Å². The van der Waals surface area contributed by atoms with Crippen molar-refractivity contribution in [1.82, 2.24) is 0 Å². The summed E-state index contributed by atoms with van der Waals surface area (Å²) in [6, 6.07) is 19.1. The van der Waals surface area contributed by atoms with Gasteiger partial charge in [0.2, 0.25) is 5.75 Å². The third-order valence-electron chi connectivity index (χ3n) is 4.37. The van der Waals surface area contributed by atoms with Gasteiger partial charge in [-0.05, 0) is 41.0 Å². The first-order valence-electron chi connectivity index (χ1n) is 9.12. The molecule has 3 rings (SSSR count). The number of ether oxygens (including phenoxy) is 4. The molecular weight excluding hydrogens is 368 g/mol. The SMILES string of the molecule is COc1ccc(/C=C\c2cc(O)c(OC)c(OC)c2)cc1OCc1ccccc1. The lowest BCUT2D eigenvalue weighted by atomic mass is 10.1. The van der Waals surface area contributed by atoms with Crippen LogP contribution in [0.4, 0.5) is 0 Å². The maximum atomic E-state index is 10.1. The summed E-state index contributed by atoms with van der Waals surface area (Å²) in [7, 11) is 4.64. The molecule has 0 atom stereocenters. The van der Waals surface area contributed by atoms with E-state index in [-0.39, 0.29) is 5.75 Å². The van der Waals surface area contributed by atoms with E-state index in [0.29, 0.717) is 29.6 Å². The summed E-state index contributed by atoms with van der Waals surface area (Å²) in [5, 5.41) is 10.1. The van der Waals surface area contributed by atoms with E-state index in [9.17, 15) is 5.11 Å². The quantitative estimate of drug-likeness (QED) is 0.536. The fourth-order valence-electron chi connectivity index (χ4n) is 2.90. The Bertz CT molecular complexity index is 980. The Labute approximate surface area is 170 Å². The molecule has 1 N–H and O–H groups in total. The Kier molecular flexibility index (Phi) is 6.63. The molecule has 0 aliphatic heterocycles. The maximum Gasteiger partial charge on any atom is 0.203 e. The number of phenolic OH excluding ortho intramolecular Hbond substituents is 1. The molecule has 0 aliphatic carbocycles. The van der Waals surface area contributed by atoms with Gasteiger partial charge in [-0.15, -0.1) is 0 Å². The zero-order valence-electron chi connectivity index (χ0n) is 16.7. The Morgan fingerprint density at radius 3 is 2.10 bits per heavy atom. The van der Waals surface area contributed by atoms with Crippen LogP contribution in [0, 0.1) is 0 Å². The number of benzene rings is 3. The zero-order valence-corrected chi connectivity index (χ0v) is 16.7. The normalized spacial score (nSPS) is 10.7. The molecule has 0 aromatic heterocycles. The molecule has 0 aliphatic rings. The van der Waals surface area contributed by atoms with Crippen molar-refractivity contribution in [2.75, 3.05) is 21.3 Å². The Hall–Kier alpha value is -3.60. The van der Waals surface area contributed by atoms with Gasteiger partial charge in [-0.3, -0.25) is 0 Å². The van der Waals surface area contributed by atoms with Gasteiger partial charge >= 0.3 is 0 Å². The van der Waals surface area contributed by atoms with E-state index >= 15 is 0 Å². The van der Waals surface area contributed by atoms with E-state index in [1.54, 1.807) is 19.2 Å². The van der Waals surface area contributed by atoms with Gasteiger partial charge in [0.15, 0.2) is 23.0 Å². The fourth-order valence-corrected chi connectivity index (χ4v) is 2.90. The molecule has 0 unspecified atom stereocenters. The van der Waals surface area contributed by atoms with Crippen molar-refractivity contribution in [2.45, 2.75) is 6.61 Å². The van der Waals surface area contributed by atoms with Crippen molar-refractivity contribution < 1.29 is 24.1 Å². The first-order valence-corrected chi connectivity index (χ1v) is 9.12. The van der Waals surface area contributed by atoms with Crippen molar-refractivity contribution in [2.24, 2.45) is 0 Å². The zero-order chi connectivity index (χ0) is 20.6. The highest BCUT2D eigenvalue weighted by molar-refractivity contribution is 5.73. The molecule has 29 heavy (non-hydrogen) atoms. The number of phenols is 1. The summed E-state index contributed by atoms with van der Waals surface area (Å²) in [6.45, 7) is 0.452. The van der Waals surface area contributed by atoms with Crippen LogP contribution in [0.25, 0.3) is 12.2 Å². The minimum absolute atomic E-state index is 0.0214. The van der Waals surface area contributed by atoms with Crippen molar-refractivity contribution in [3.63, 3.8) is 0 Å². The smallest absolute Gasteiger partial charge is 0.203 e. The molecular formula is C24H24O5. The molecule has 5 heteroatoms. The van der Waals surface area contributed by atoms with Gasteiger partial charge in [0.25, 0.3) is 0 Å². The lowest BCUT2D eigenvalue weighted by Crippen LogP contribution is -1.97. The topological polar surface area (TPSA) is 57.2 Å². The molecule has 0 bridgehead atoms. The molecule has 0 spiro atoms. The van der Waals surface area contributed by atoms with Gasteiger partial charge in [0.05, 0.1) is 21.3 Å². The maximum absolute atomic E-state index is 10.1. The van der Waals surface area contributed by atoms with Crippen LogP contribution in [-0.4, -0.2) is 26.4 Å². The Morgan fingerprint density at radius 2 is 1.41 bits per heavy atom. The minimum Gasteiger partial charge on any atom is -0.504 e. The van der Waals surface area contributed by atoms with Crippen LogP contribution in [0.5, 0.6) is 28.7 Å². The van der Waals surface area contributed by atoms with Crippen LogP contribution in [-0.2, 0) is 6.61 Å². The highest BCUT2D eigenvalue weighted by Gasteiger charge is 2.10. The lowest BCUT2D eigenvalue weighted by Gasteiger charge is -2.12. The second-order valence-corrected chi connectivity index (χ2v) is 6.29. The predicted molar refractivity (Wildman–Crippen MR) is 114 cm³/mol. The molecule has 0 amide bonds. The monoisotopic (exact) mass is 392 g/mol. The summed E-state index contributed by atoms with van der Waals surface area (Å²) in [5.41, 5.74) is 2.79. The molecule has 0 saturated carbocycles. The van der Waals surface area contributed by atoms with Gasteiger partial charge in [0, 0.05) is 0 Å². The number of hydrogen-bond acceptors (Lipinski definition) is 5. The number of rotatable bonds is 8. The highest BCUT2D eigenvalue weighted by atomic mass is 16.5. The van der Waals surface area contributed by atoms with E-state index in [1.165, 1.54) is 14.2 Å². The van der Waals surface area contributed by atoms with E-state index in [1.807, 2.05) is 60.7 Å². The molecule has 0 radical (unpaired) electrons. The average Bonchev–Trinajstić information content (AvgIpc) is 2.76. The lowest BCUT2D eigenvalue weighted by molar-refractivity contribution is 0.284.